The van der Waals surface area contributed by atoms with Gasteiger partial charge in [0.15, 0.2) is 0 Å². The lowest BCUT2D eigenvalue weighted by Gasteiger charge is -2.50. The third kappa shape index (κ3) is 5.24. The van der Waals surface area contributed by atoms with E-state index in [0.29, 0.717) is 32.0 Å². The number of piperazine rings is 1. The maximum atomic E-state index is 13.3. The van der Waals surface area contributed by atoms with Gasteiger partial charge in [0, 0.05) is 57.7 Å². The number of aromatic nitrogens is 1. The van der Waals surface area contributed by atoms with Gasteiger partial charge in [-0.15, -0.1) is 0 Å². The van der Waals surface area contributed by atoms with Crippen LogP contribution in [-0.2, 0) is 17.3 Å². The van der Waals surface area contributed by atoms with Crippen molar-refractivity contribution in [1.82, 2.24) is 14.8 Å². The van der Waals surface area contributed by atoms with Gasteiger partial charge < -0.3 is 9.64 Å². The molecule has 2 fully saturated rings. The molecule has 3 rings (SSSR count). The van der Waals surface area contributed by atoms with E-state index in [1.54, 1.807) is 0 Å². The molecule has 1 aromatic heterocycles. The van der Waals surface area contributed by atoms with Gasteiger partial charge in [-0.1, -0.05) is 13.8 Å². The number of halogens is 3. The molecule has 7 heteroatoms. The Morgan fingerprint density at radius 2 is 1.82 bits per heavy atom. The first-order valence-corrected chi connectivity index (χ1v) is 10.4. The number of hydrogen-bond acceptors (Lipinski definition) is 4. The molecule has 3 heterocycles. The molecule has 0 saturated carbocycles. The lowest BCUT2D eigenvalue weighted by molar-refractivity contribution is -0.138. The van der Waals surface area contributed by atoms with Crippen LogP contribution in [0.4, 0.5) is 13.2 Å². The lowest BCUT2D eigenvalue weighted by Crippen LogP contribution is -2.59. The van der Waals surface area contributed by atoms with E-state index in [1.807, 2.05) is 0 Å². The summed E-state index contributed by atoms with van der Waals surface area (Å²) in [5.41, 5.74) is -0.513. The van der Waals surface area contributed by atoms with E-state index in [4.69, 9.17) is 4.74 Å². The molecule has 2 aliphatic heterocycles. The molecule has 0 radical (unpaired) electrons. The summed E-state index contributed by atoms with van der Waals surface area (Å²) < 4.78 is 45.6. The average Bonchev–Trinajstić information content (AvgIpc) is 2.67. The molecule has 0 aromatic carbocycles. The molecule has 2 saturated heterocycles. The van der Waals surface area contributed by atoms with Gasteiger partial charge in [0.05, 0.1) is 11.3 Å². The second-order valence-corrected chi connectivity index (χ2v) is 8.51. The van der Waals surface area contributed by atoms with Gasteiger partial charge in [0.1, 0.15) is 0 Å². The Bertz CT molecular complexity index is 622. The van der Waals surface area contributed by atoms with Crippen LogP contribution in [0.3, 0.4) is 0 Å². The molecule has 0 unspecified atom stereocenters. The van der Waals surface area contributed by atoms with Gasteiger partial charge in [-0.25, -0.2) is 0 Å². The first-order chi connectivity index (χ1) is 13.3. The number of aryl methyl sites for hydroxylation is 1. The maximum absolute atomic E-state index is 13.3. The number of ether oxygens (including phenoxy) is 1. The third-order valence-electron chi connectivity index (χ3n) is 6.11. The molecule has 0 atom stereocenters. The minimum absolute atomic E-state index is 0.0808. The fourth-order valence-electron chi connectivity index (χ4n) is 4.64. The molecule has 2 aliphatic rings. The van der Waals surface area contributed by atoms with Crippen molar-refractivity contribution in [2.24, 2.45) is 5.92 Å². The van der Waals surface area contributed by atoms with Crippen molar-refractivity contribution in [3.05, 3.63) is 29.6 Å². The summed E-state index contributed by atoms with van der Waals surface area (Å²) in [5.74, 6) is 0.647. The minimum Gasteiger partial charge on any atom is -0.381 e. The second-order valence-electron chi connectivity index (χ2n) is 8.51. The highest BCUT2D eigenvalue weighted by Crippen LogP contribution is 2.36. The van der Waals surface area contributed by atoms with Crippen LogP contribution in [0.25, 0.3) is 0 Å². The van der Waals surface area contributed by atoms with E-state index >= 15 is 0 Å². The van der Waals surface area contributed by atoms with E-state index in [-0.39, 0.29) is 11.2 Å². The summed E-state index contributed by atoms with van der Waals surface area (Å²) in [4.78, 5) is 9.08. The summed E-state index contributed by atoms with van der Waals surface area (Å²) in [5, 5.41) is 0. The average molecular weight is 400 g/mol. The van der Waals surface area contributed by atoms with Crippen molar-refractivity contribution < 1.29 is 17.9 Å². The van der Waals surface area contributed by atoms with Gasteiger partial charge in [-0.05, 0) is 43.7 Å². The zero-order chi connectivity index (χ0) is 20.2. The smallest absolute Gasteiger partial charge is 0.381 e. The molecule has 4 nitrogen and oxygen atoms in total. The number of rotatable bonds is 6. The summed E-state index contributed by atoms with van der Waals surface area (Å²) in [6.07, 6.45) is -0.0833. The van der Waals surface area contributed by atoms with Gasteiger partial charge in [0.2, 0.25) is 0 Å². The number of nitrogens with zero attached hydrogens (tertiary/aromatic N) is 3. The topological polar surface area (TPSA) is 28.6 Å². The molecule has 158 valence electrons. The van der Waals surface area contributed by atoms with Gasteiger partial charge in [-0.2, -0.15) is 13.2 Å². The Hall–Kier alpha value is -1.18. The molecule has 0 amide bonds. The summed E-state index contributed by atoms with van der Waals surface area (Å²) in [6, 6.07) is 2.51. The molecule has 0 spiro atoms. The molecule has 28 heavy (non-hydrogen) atoms. The monoisotopic (exact) mass is 399 g/mol. The van der Waals surface area contributed by atoms with Crippen molar-refractivity contribution in [1.29, 1.82) is 0 Å². The summed E-state index contributed by atoms with van der Waals surface area (Å²) >= 11 is 0. The van der Waals surface area contributed by atoms with E-state index in [0.717, 1.165) is 51.6 Å². The van der Waals surface area contributed by atoms with Gasteiger partial charge in [0.25, 0.3) is 0 Å². The molecule has 0 bridgehead atoms. The van der Waals surface area contributed by atoms with E-state index in [9.17, 15) is 13.2 Å². The van der Waals surface area contributed by atoms with Gasteiger partial charge >= 0.3 is 6.18 Å². The summed E-state index contributed by atoms with van der Waals surface area (Å²) in [6.45, 7) is 10.9. The number of pyridine rings is 1. The quantitative estimate of drug-likeness (QED) is 0.726. The third-order valence-corrected chi connectivity index (χ3v) is 6.11. The van der Waals surface area contributed by atoms with E-state index < -0.39 is 11.7 Å². The number of alkyl halides is 3. The summed E-state index contributed by atoms with van der Waals surface area (Å²) in [7, 11) is 0. The van der Waals surface area contributed by atoms with Crippen molar-refractivity contribution in [3.63, 3.8) is 0 Å². The fraction of sp³-hybridized carbons (Fsp3) is 0.762. The Morgan fingerprint density at radius 1 is 1.14 bits per heavy atom. The maximum Gasteiger partial charge on any atom is 0.418 e. The van der Waals surface area contributed by atoms with Crippen LogP contribution in [0.15, 0.2) is 18.3 Å². The Morgan fingerprint density at radius 3 is 2.43 bits per heavy atom. The van der Waals surface area contributed by atoms with E-state index in [2.05, 4.69) is 28.6 Å². The highest BCUT2D eigenvalue weighted by Gasteiger charge is 2.40. The molecule has 0 N–H and O–H groups in total. The molecule has 0 aliphatic carbocycles. The highest BCUT2D eigenvalue weighted by atomic mass is 19.4. The predicted molar refractivity (Wildman–Crippen MR) is 103 cm³/mol. The van der Waals surface area contributed by atoms with Crippen LogP contribution in [0.5, 0.6) is 0 Å². The fourth-order valence-corrected chi connectivity index (χ4v) is 4.64. The normalized spacial score (nSPS) is 21.9. The predicted octanol–water partition coefficient (Wildman–Crippen LogP) is 3.86. The molecular formula is C21H32F3N3O. The largest absolute Gasteiger partial charge is 0.418 e. The van der Waals surface area contributed by atoms with E-state index in [1.165, 1.54) is 12.3 Å². The molecule has 1 aromatic rings. The van der Waals surface area contributed by atoms with Crippen molar-refractivity contribution in [2.75, 3.05) is 45.9 Å². The van der Waals surface area contributed by atoms with Crippen LogP contribution < -0.4 is 0 Å². The standard InChI is InChI=1S/C21H32F3N3O/c1-17(2)16-26-10-12-27(13-11-26)20(7-14-28-15-8-20)6-5-19-18(21(22,23)24)4-3-9-25-19/h3-4,9,17H,5-8,10-16H2,1-2H3. The van der Waals surface area contributed by atoms with Crippen LogP contribution in [0.1, 0.15) is 44.4 Å². The Labute approximate surface area is 166 Å². The first-order valence-electron chi connectivity index (χ1n) is 10.4. The van der Waals surface area contributed by atoms with Crippen LogP contribution in [0, 0.1) is 5.92 Å². The highest BCUT2D eigenvalue weighted by molar-refractivity contribution is 5.23. The van der Waals surface area contributed by atoms with Crippen molar-refractivity contribution in [2.45, 2.75) is 51.2 Å². The zero-order valence-corrected chi connectivity index (χ0v) is 17.0. The second kappa shape index (κ2) is 9.09. The Balaban J connectivity index is 1.70. The molecular weight excluding hydrogens is 367 g/mol. The zero-order valence-electron chi connectivity index (χ0n) is 17.0. The van der Waals surface area contributed by atoms with Crippen LogP contribution in [-0.4, -0.2) is 66.3 Å². The van der Waals surface area contributed by atoms with Gasteiger partial charge in [-0.3, -0.25) is 9.88 Å². The Kier molecular flexibility index (Phi) is 6.99. The first kappa shape index (κ1) is 21.5. The lowest BCUT2D eigenvalue weighted by atomic mass is 9.82. The van der Waals surface area contributed by atoms with Crippen molar-refractivity contribution in [3.8, 4) is 0 Å². The van der Waals surface area contributed by atoms with Crippen LogP contribution in [0.2, 0.25) is 0 Å². The SMILES string of the molecule is CC(C)CN1CCN(C2(CCc3ncccc3C(F)(F)F)CCOCC2)CC1. The van der Waals surface area contributed by atoms with Crippen LogP contribution >= 0.6 is 0 Å². The minimum atomic E-state index is -4.35. The number of hydrogen-bond donors (Lipinski definition) is 0. The van der Waals surface area contributed by atoms with Crippen molar-refractivity contribution >= 4 is 0 Å².